The molecular weight excluding hydrogens is 302 g/mol. The van der Waals surface area contributed by atoms with E-state index in [2.05, 4.69) is 30.3 Å². The number of fused-ring (bicyclic) bond motifs is 1. The second kappa shape index (κ2) is 6.65. The number of ether oxygens (including phenoxy) is 3. The highest BCUT2D eigenvalue weighted by molar-refractivity contribution is 5.81. The van der Waals surface area contributed by atoms with Crippen LogP contribution in [-0.2, 0) is 10.2 Å². The molecular formula is C20H21NO3. The summed E-state index contributed by atoms with van der Waals surface area (Å²) in [7, 11) is 0. The number of aliphatic imine (C=N–C) groups is 1. The van der Waals surface area contributed by atoms with Gasteiger partial charge < -0.3 is 14.2 Å². The van der Waals surface area contributed by atoms with Crippen molar-refractivity contribution in [2.75, 3.05) is 26.6 Å². The van der Waals surface area contributed by atoms with Crippen molar-refractivity contribution in [2.45, 2.75) is 18.3 Å². The highest BCUT2D eigenvalue weighted by atomic mass is 16.7. The minimum Gasteiger partial charge on any atom is -0.454 e. The van der Waals surface area contributed by atoms with E-state index in [0.717, 1.165) is 49.7 Å². The van der Waals surface area contributed by atoms with Crippen LogP contribution in [0.25, 0.3) is 0 Å². The van der Waals surface area contributed by atoms with E-state index in [1.165, 1.54) is 5.56 Å². The summed E-state index contributed by atoms with van der Waals surface area (Å²) >= 11 is 0. The van der Waals surface area contributed by atoms with Gasteiger partial charge >= 0.3 is 0 Å². The van der Waals surface area contributed by atoms with Crippen molar-refractivity contribution in [2.24, 2.45) is 4.99 Å². The Labute approximate surface area is 142 Å². The van der Waals surface area contributed by atoms with Crippen LogP contribution >= 0.6 is 0 Å². The van der Waals surface area contributed by atoms with Crippen LogP contribution in [0.1, 0.15) is 24.0 Å². The highest BCUT2D eigenvalue weighted by Crippen LogP contribution is 2.35. The van der Waals surface area contributed by atoms with Crippen LogP contribution in [0.15, 0.2) is 53.5 Å². The zero-order valence-electron chi connectivity index (χ0n) is 13.6. The smallest absolute Gasteiger partial charge is 0.231 e. The fraction of sp³-hybridized carbons (Fsp3) is 0.350. The molecule has 4 rings (SSSR count). The van der Waals surface area contributed by atoms with Gasteiger partial charge in [0.2, 0.25) is 6.79 Å². The van der Waals surface area contributed by atoms with Crippen LogP contribution < -0.4 is 9.47 Å². The SMILES string of the molecule is C(=NCC1(c2ccccc2)CCOCC1)c1ccc2c(c1)OCO2. The lowest BCUT2D eigenvalue weighted by atomic mass is 9.74. The van der Waals surface area contributed by atoms with Crippen LogP contribution in [-0.4, -0.2) is 32.8 Å². The first-order valence-electron chi connectivity index (χ1n) is 8.39. The predicted molar refractivity (Wildman–Crippen MR) is 93.2 cm³/mol. The molecule has 2 aromatic rings. The molecule has 0 saturated carbocycles. The van der Waals surface area contributed by atoms with E-state index in [-0.39, 0.29) is 5.41 Å². The Hall–Kier alpha value is -2.33. The van der Waals surface area contributed by atoms with Crippen molar-refractivity contribution in [3.05, 3.63) is 59.7 Å². The summed E-state index contributed by atoms with van der Waals surface area (Å²) in [5, 5.41) is 0. The van der Waals surface area contributed by atoms with Gasteiger partial charge in [0.05, 0.1) is 0 Å². The molecule has 4 heteroatoms. The number of rotatable bonds is 4. The fourth-order valence-corrected chi connectivity index (χ4v) is 3.41. The Morgan fingerprint density at radius 1 is 0.958 bits per heavy atom. The Morgan fingerprint density at radius 3 is 2.58 bits per heavy atom. The van der Waals surface area contributed by atoms with Crippen molar-refractivity contribution >= 4 is 6.21 Å². The third-order valence-electron chi connectivity index (χ3n) is 4.87. The fourth-order valence-electron chi connectivity index (χ4n) is 3.41. The molecule has 124 valence electrons. The summed E-state index contributed by atoms with van der Waals surface area (Å²) in [4.78, 5) is 4.76. The molecule has 0 atom stereocenters. The van der Waals surface area contributed by atoms with Gasteiger partial charge in [0.1, 0.15) is 0 Å². The van der Waals surface area contributed by atoms with Crippen LogP contribution in [0, 0.1) is 0 Å². The van der Waals surface area contributed by atoms with E-state index in [1.807, 2.05) is 24.4 Å². The lowest BCUT2D eigenvalue weighted by Gasteiger charge is -2.36. The Bertz CT molecular complexity index is 721. The summed E-state index contributed by atoms with van der Waals surface area (Å²) in [6, 6.07) is 16.6. The maximum Gasteiger partial charge on any atom is 0.231 e. The van der Waals surface area contributed by atoms with Crippen LogP contribution in [0.4, 0.5) is 0 Å². The zero-order valence-corrected chi connectivity index (χ0v) is 13.6. The molecule has 0 amide bonds. The standard InChI is InChI=1S/C20H21NO3/c1-2-4-17(5-3-1)20(8-10-22-11-9-20)14-21-13-16-6-7-18-19(12-16)24-15-23-18/h1-7,12-13H,8-11,14-15H2. The van der Waals surface area contributed by atoms with Crippen LogP contribution in [0.5, 0.6) is 11.5 Å². The summed E-state index contributed by atoms with van der Waals surface area (Å²) in [5.74, 6) is 1.60. The molecule has 4 nitrogen and oxygen atoms in total. The molecule has 0 radical (unpaired) electrons. The molecule has 0 bridgehead atoms. The van der Waals surface area contributed by atoms with Gasteiger partial charge in [-0.15, -0.1) is 0 Å². The van der Waals surface area contributed by atoms with Crippen LogP contribution in [0.3, 0.4) is 0 Å². The van der Waals surface area contributed by atoms with Gasteiger partial charge in [0.15, 0.2) is 11.5 Å². The third-order valence-corrected chi connectivity index (χ3v) is 4.87. The Kier molecular flexibility index (Phi) is 4.22. The molecule has 0 aliphatic carbocycles. The lowest BCUT2D eigenvalue weighted by Crippen LogP contribution is -2.36. The average Bonchev–Trinajstić information content (AvgIpc) is 3.11. The number of nitrogens with zero attached hydrogens (tertiary/aromatic N) is 1. The molecule has 1 fully saturated rings. The minimum absolute atomic E-state index is 0.0757. The summed E-state index contributed by atoms with van der Waals surface area (Å²) in [6.45, 7) is 2.67. The summed E-state index contributed by atoms with van der Waals surface area (Å²) in [6.07, 6.45) is 3.95. The number of benzene rings is 2. The molecule has 2 heterocycles. The van der Waals surface area contributed by atoms with Crippen molar-refractivity contribution < 1.29 is 14.2 Å². The van der Waals surface area contributed by atoms with Crippen molar-refractivity contribution in [3.63, 3.8) is 0 Å². The number of hydrogen-bond acceptors (Lipinski definition) is 4. The molecule has 1 saturated heterocycles. The van der Waals surface area contributed by atoms with Gasteiger partial charge in [-0.05, 0) is 42.2 Å². The lowest BCUT2D eigenvalue weighted by molar-refractivity contribution is 0.0532. The minimum atomic E-state index is 0.0757. The van der Waals surface area contributed by atoms with E-state index in [1.54, 1.807) is 0 Å². The summed E-state index contributed by atoms with van der Waals surface area (Å²) < 4.78 is 16.3. The molecule has 2 aliphatic heterocycles. The molecule has 2 aliphatic rings. The maximum atomic E-state index is 5.58. The molecule has 0 N–H and O–H groups in total. The van der Waals surface area contributed by atoms with E-state index in [9.17, 15) is 0 Å². The quantitative estimate of drug-likeness (QED) is 0.808. The third kappa shape index (κ3) is 3.02. The van der Waals surface area contributed by atoms with Gasteiger partial charge in [-0.25, -0.2) is 0 Å². The first kappa shape index (κ1) is 15.2. The average molecular weight is 323 g/mol. The Balaban J connectivity index is 1.53. The first-order chi connectivity index (χ1) is 11.9. The van der Waals surface area contributed by atoms with Gasteiger partial charge in [-0.2, -0.15) is 0 Å². The molecule has 0 aromatic heterocycles. The van der Waals surface area contributed by atoms with E-state index < -0.39 is 0 Å². The first-order valence-corrected chi connectivity index (χ1v) is 8.39. The van der Waals surface area contributed by atoms with Crippen molar-refractivity contribution in [1.82, 2.24) is 0 Å². The van der Waals surface area contributed by atoms with E-state index in [4.69, 9.17) is 19.2 Å². The number of hydrogen-bond donors (Lipinski definition) is 0. The normalized spacial score (nSPS) is 18.8. The molecule has 0 spiro atoms. The van der Waals surface area contributed by atoms with Gasteiger partial charge in [0, 0.05) is 31.4 Å². The second-order valence-corrected chi connectivity index (χ2v) is 6.34. The van der Waals surface area contributed by atoms with E-state index in [0.29, 0.717) is 6.79 Å². The van der Waals surface area contributed by atoms with Gasteiger partial charge in [-0.3, -0.25) is 4.99 Å². The van der Waals surface area contributed by atoms with Gasteiger partial charge in [-0.1, -0.05) is 30.3 Å². The maximum absolute atomic E-state index is 5.58. The molecule has 24 heavy (non-hydrogen) atoms. The molecule has 2 aromatic carbocycles. The highest BCUT2D eigenvalue weighted by Gasteiger charge is 2.33. The zero-order chi connectivity index (χ0) is 16.2. The van der Waals surface area contributed by atoms with E-state index >= 15 is 0 Å². The van der Waals surface area contributed by atoms with Crippen LogP contribution in [0.2, 0.25) is 0 Å². The van der Waals surface area contributed by atoms with Crippen molar-refractivity contribution in [3.8, 4) is 11.5 Å². The second-order valence-electron chi connectivity index (χ2n) is 6.34. The Morgan fingerprint density at radius 2 is 1.75 bits per heavy atom. The largest absolute Gasteiger partial charge is 0.454 e. The van der Waals surface area contributed by atoms with Crippen molar-refractivity contribution in [1.29, 1.82) is 0 Å². The monoisotopic (exact) mass is 323 g/mol. The summed E-state index contributed by atoms with van der Waals surface area (Å²) in [5.41, 5.74) is 2.47. The van der Waals surface area contributed by atoms with Gasteiger partial charge in [0.25, 0.3) is 0 Å². The topological polar surface area (TPSA) is 40.0 Å². The predicted octanol–water partition coefficient (Wildman–Crippen LogP) is 3.58. The molecule has 0 unspecified atom stereocenters.